The summed E-state index contributed by atoms with van der Waals surface area (Å²) in [6, 6.07) is 4.58. The molecule has 0 bridgehead atoms. The molecule has 0 unspecified atom stereocenters. The van der Waals surface area contributed by atoms with Crippen LogP contribution in [0.25, 0.3) is 10.4 Å². The molecule has 0 saturated heterocycles. The lowest BCUT2D eigenvalue weighted by Crippen LogP contribution is -1.95. The molecule has 1 amide bonds. The lowest BCUT2D eigenvalue weighted by atomic mass is 10.2. The van der Waals surface area contributed by atoms with Crippen molar-refractivity contribution >= 4 is 29.1 Å². The summed E-state index contributed by atoms with van der Waals surface area (Å²) < 4.78 is 0. The quantitative estimate of drug-likeness (QED) is 0.402. The van der Waals surface area contributed by atoms with Gasteiger partial charge >= 0.3 is 0 Å². The summed E-state index contributed by atoms with van der Waals surface area (Å²) in [6.45, 7) is 0. The van der Waals surface area contributed by atoms with Gasteiger partial charge in [-0.25, -0.2) is 0 Å². The summed E-state index contributed by atoms with van der Waals surface area (Å²) in [5, 5.41) is 3.23. The molecule has 13 heavy (non-hydrogen) atoms. The van der Waals surface area contributed by atoms with Gasteiger partial charge in [0.15, 0.2) is 0 Å². The molecule has 0 saturated carbocycles. The number of azide groups is 1. The van der Waals surface area contributed by atoms with E-state index in [1.54, 1.807) is 6.07 Å². The van der Waals surface area contributed by atoms with Crippen LogP contribution in [-0.4, -0.2) is 5.91 Å². The van der Waals surface area contributed by atoms with E-state index in [4.69, 9.17) is 28.7 Å². The first-order chi connectivity index (χ1) is 6.16. The molecule has 0 aromatic heterocycles. The van der Waals surface area contributed by atoms with Gasteiger partial charge in [-0.1, -0.05) is 29.3 Å². The fraction of sp³-hybridized carbons (Fsp3) is 0. The normalized spacial score (nSPS) is 9.08. The van der Waals surface area contributed by atoms with E-state index in [9.17, 15) is 4.79 Å². The summed E-state index contributed by atoms with van der Waals surface area (Å²) in [7, 11) is 0. The number of carbonyl (C=O) groups excluding carboxylic acids is 1. The van der Waals surface area contributed by atoms with E-state index in [1.807, 2.05) is 0 Å². The number of benzene rings is 1. The van der Waals surface area contributed by atoms with Crippen molar-refractivity contribution in [2.24, 2.45) is 5.11 Å². The summed E-state index contributed by atoms with van der Waals surface area (Å²) in [5.41, 5.74) is 8.06. The Morgan fingerprint density at radius 2 is 1.92 bits per heavy atom. The topological polar surface area (TPSA) is 65.8 Å². The van der Waals surface area contributed by atoms with E-state index < -0.39 is 5.91 Å². The highest BCUT2D eigenvalue weighted by molar-refractivity contribution is 6.39. The summed E-state index contributed by atoms with van der Waals surface area (Å²) in [6.07, 6.45) is 0. The van der Waals surface area contributed by atoms with Crippen molar-refractivity contribution in [1.29, 1.82) is 0 Å². The molecule has 1 aromatic rings. The zero-order valence-corrected chi connectivity index (χ0v) is 7.75. The first-order valence-electron chi connectivity index (χ1n) is 3.20. The van der Waals surface area contributed by atoms with Crippen LogP contribution < -0.4 is 0 Å². The Balaban J connectivity index is 3.27. The summed E-state index contributed by atoms with van der Waals surface area (Å²) in [5.74, 6) is -0.780. The number of nitrogens with zero attached hydrogens (tertiary/aromatic N) is 3. The third kappa shape index (κ3) is 2.12. The molecule has 4 nitrogen and oxygen atoms in total. The summed E-state index contributed by atoms with van der Waals surface area (Å²) in [4.78, 5) is 13.4. The zero-order valence-electron chi connectivity index (χ0n) is 6.24. The van der Waals surface area contributed by atoms with Gasteiger partial charge in [-0.2, -0.15) is 0 Å². The average Bonchev–Trinajstić information content (AvgIpc) is 2.04. The fourth-order valence-electron chi connectivity index (χ4n) is 0.793. The van der Waals surface area contributed by atoms with E-state index in [0.29, 0.717) is 0 Å². The maximum absolute atomic E-state index is 11.1. The van der Waals surface area contributed by atoms with Gasteiger partial charge in [-0.05, 0) is 22.8 Å². The van der Waals surface area contributed by atoms with Gasteiger partial charge in [0.25, 0.3) is 5.91 Å². The molecule has 66 valence electrons. The van der Waals surface area contributed by atoms with Gasteiger partial charge in [0, 0.05) is 4.91 Å². The first-order valence-corrected chi connectivity index (χ1v) is 3.96. The Morgan fingerprint density at radius 1 is 1.38 bits per heavy atom. The van der Waals surface area contributed by atoms with Gasteiger partial charge in [-0.3, -0.25) is 4.79 Å². The predicted molar refractivity (Wildman–Crippen MR) is 49.9 cm³/mol. The largest absolute Gasteiger partial charge is 0.287 e. The Labute approximate surface area is 83.7 Å². The van der Waals surface area contributed by atoms with E-state index in [-0.39, 0.29) is 15.6 Å². The SMILES string of the molecule is [N-]=[N+]=NC(=O)c1c(Cl)cccc1Cl. The van der Waals surface area contributed by atoms with Gasteiger partial charge in [0.1, 0.15) is 0 Å². The van der Waals surface area contributed by atoms with E-state index in [0.717, 1.165) is 0 Å². The number of carbonyl (C=O) groups is 1. The molecule has 1 rings (SSSR count). The molecule has 1 aromatic carbocycles. The Kier molecular flexibility index (Phi) is 3.14. The van der Waals surface area contributed by atoms with Crippen LogP contribution in [0.3, 0.4) is 0 Å². The van der Waals surface area contributed by atoms with Crippen LogP contribution in [0.5, 0.6) is 0 Å². The number of halogens is 2. The fourth-order valence-corrected chi connectivity index (χ4v) is 1.35. The van der Waals surface area contributed by atoms with Crippen molar-refractivity contribution in [2.45, 2.75) is 0 Å². The van der Waals surface area contributed by atoms with Gasteiger partial charge in [-0.15, -0.1) is 0 Å². The van der Waals surface area contributed by atoms with E-state index >= 15 is 0 Å². The molecule has 6 heteroatoms. The van der Waals surface area contributed by atoms with Gasteiger partial charge in [0.05, 0.1) is 15.6 Å². The van der Waals surface area contributed by atoms with Crippen molar-refractivity contribution in [3.05, 3.63) is 44.3 Å². The molecule has 0 heterocycles. The first kappa shape index (κ1) is 9.86. The van der Waals surface area contributed by atoms with Crippen molar-refractivity contribution in [2.75, 3.05) is 0 Å². The third-order valence-electron chi connectivity index (χ3n) is 1.31. The highest BCUT2D eigenvalue weighted by Gasteiger charge is 2.11. The molecule has 0 spiro atoms. The zero-order chi connectivity index (χ0) is 9.84. The van der Waals surface area contributed by atoms with Gasteiger partial charge in [0.2, 0.25) is 0 Å². The molecular formula is C7H3Cl2N3O. The minimum absolute atomic E-state index is 0.0311. The minimum Gasteiger partial charge on any atom is -0.287 e. The maximum Gasteiger partial charge on any atom is 0.252 e. The van der Waals surface area contributed by atoms with Crippen LogP contribution in [0.15, 0.2) is 23.3 Å². The van der Waals surface area contributed by atoms with Crippen LogP contribution in [0.1, 0.15) is 10.4 Å². The van der Waals surface area contributed by atoms with Crippen LogP contribution in [0.2, 0.25) is 10.0 Å². The lowest BCUT2D eigenvalue weighted by molar-refractivity contribution is 0.100. The van der Waals surface area contributed by atoms with Crippen LogP contribution in [-0.2, 0) is 0 Å². The third-order valence-corrected chi connectivity index (χ3v) is 1.94. The maximum atomic E-state index is 11.1. The molecule has 0 aliphatic rings. The van der Waals surface area contributed by atoms with Crippen molar-refractivity contribution in [3.63, 3.8) is 0 Å². The van der Waals surface area contributed by atoms with Crippen molar-refractivity contribution < 1.29 is 4.79 Å². The number of hydrogen-bond acceptors (Lipinski definition) is 1. The number of amides is 1. The van der Waals surface area contributed by atoms with Crippen LogP contribution in [0, 0.1) is 0 Å². The lowest BCUT2D eigenvalue weighted by Gasteiger charge is -2.00. The monoisotopic (exact) mass is 215 g/mol. The standard InChI is InChI=1S/C7H3Cl2N3O/c8-4-2-1-3-5(9)6(4)7(13)11-12-10/h1-3H. The van der Waals surface area contributed by atoms with Crippen LogP contribution >= 0.6 is 23.2 Å². The smallest absolute Gasteiger partial charge is 0.252 e. The van der Waals surface area contributed by atoms with E-state index in [2.05, 4.69) is 10.0 Å². The second kappa shape index (κ2) is 4.14. The second-order valence-corrected chi connectivity index (χ2v) is 2.91. The average molecular weight is 216 g/mol. The van der Waals surface area contributed by atoms with Gasteiger partial charge < -0.3 is 0 Å². The summed E-state index contributed by atoms with van der Waals surface area (Å²) >= 11 is 11.3. The molecule has 0 aliphatic heterocycles. The second-order valence-electron chi connectivity index (χ2n) is 2.09. The predicted octanol–water partition coefficient (Wildman–Crippen LogP) is 3.44. The number of rotatable bonds is 1. The molecular weight excluding hydrogens is 213 g/mol. The molecule has 0 atom stereocenters. The molecule has 0 fully saturated rings. The number of hydrogen-bond donors (Lipinski definition) is 0. The highest BCUT2D eigenvalue weighted by atomic mass is 35.5. The molecule has 0 radical (unpaired) electrons. The Morgan fingerprint density at radius 3 is 2.38 bits per heavy atom. The molecule has 0 aliphatic carbocycles. The van der Waals surface area contributed by atoms with E-state index in [1.165, 1.54) is 12.1 Å². The van der Waals surface area contributed by atoms with Crippen molar-refractivity contribution in [1.82, 2.24) is 0 Å². The highest BCUT2D eigenvalue weighted by Crippen LogP contribution is 2.24. The minimum atomic E-state index is -0.780. The Hall–Kier alpha value is -1.22. The molecule has 0 N–H and O–H groups in total. The van der Waals surface area contributed by atoms with Crippen LogP contribution in [0.4, 0.5) is 0 Å². The Bertz CT molecular complexity index is 378. The van der Waals surface area contributed by atoms with Crippen molar-refractivity contribution in [3.8, 4) is 0 Å².